The zero-order valence-corrected chi connectivity index (χ0v) is 11.5. The lowest BCUT2D eigenvalue weighted by atomic mass is 9.88. The second kappa shape index (κ2) is 6.61. The van der Waals surface area contributed by atoms with Crippen molar-refractivity contribution in [1.82, 2.24) is 5.32 Å². The summed E-state index contributed by atoms with van der Waals surface area (Å²) in [4.78, 5) is 0. The van der Waals surface area contributed by atoms with E-state index in [1.165, 1.54) is 38.5 Å². The monoisotopic (exact) mass is 227 g/mol. The van der Waals surface area contributed by atoms with Crippen LogP contribution in [0.5, 0.6) is 0 Å². The molecule has 0 heterocycles. The summed E-state index contributed by atoms with van der Waals surface area (Å²) < 4.78 is 5.57. The lowest BCUT2D eigenvalue weighted by Crippen LogP contribution is -2.42. The Morgan fingerprint density at radius 1 is 1.12 bits per heavy atom. The SMILES string of the molecule is COC(CNC1CCCCCC1)C(C)(C)C. The molecule has 0 aromatic heterocycles. The van der Waals surface area contributed by atoms with E-state index in [9.17, 15) is 0 Å². The lowest BCUT2D eigenvalue weighted by Gasteiger charge is -2.31. The molecular formula is C14H29NO. The third-order valence-electron chi connectivity index (χ3n) is 3.70. The summed E-state index contributed by atoms with van der Waals surface area (Å²) in [6, 6.07) is 0.725. The van der Waals surface area contributed by atoms with Gasteiger partial charge in [0.25, 0.3) is 0 Å². The largest absolute Gasteiger partial charge is 0.380 e. The van der Waals surface area contributed by atoms with E-state index in [4.69, 9.17) is 4.74 Å². The Morgan fingerprint density at radius 3 is 2.12 bits per heavy atom. The zero-order valence-electron chi connectivity index (χ0n) is 11.5. The van der Waals surface area contributed by atoms with Crippen molar-refractivity contribution < 1.29 is 4.74 Å². The minimum atomic E-state index is 0.229. The molecule has 0 aliphatic heterocycles. The summed E-state index contributed by atoms with van der Waals surface area (Å²) in [7, 11) is 1.82. The fourth-order valence-corrected chi connectivity index (χ4v) is 2.50. The summed E-state index contributed by atoms with van der Waals surface area (Å²) >= 11 is 0. The molecule has 1 rings (SSSR count). The molecule has 1 fully saturated rings. The average Bonchev–Trinajstić information content (AvgIpc) is 2.45. The minimum Gasteiger partial charge on any atom is -0.380 e. The van der Waals surface area contributed by atoms with Crippen LogP contribution in [0.25, 0.3) is 0 Å². The van der Waals surface area contributed by atoms with Gasteiger partial charge >= 0.3 is 0 Å². The number of hydrogen-bond donors (Lipinski definition) is 1. The standard InChI is InChI=1S/C14H29NO/c1-14(2,3)13(16-4)11-15-12-9-7-5-6-8-10-12/h12-13,15H,5-11H2,1-4H3. The average molecular weight is 227 g/mol. The third-order valence-corrected chi connectivity index (χ3v) is 3.70. The predicted octanol–water partition coefficient (Wildman–Crippen LogP) is 3.36. The van der Waals surface area contributed by atoms with Crippen molar-refractivity contribution in [1.29, 1.82) is 0 Å². The van der Waals surface area contributed by atoms with Gasteiger partial charge in [-0.2, -0.15) is 0 Å². The van der Waals surface area contributed by atoms with Gasteiger partial charge in [0.2, 0.25) is 0 Å². The van der Waals surface area contributed by atoms with Crippen LogP contribution >= 0.6 is 0 Å². The molecule has 1 atom stereocenters. The molecule has 1 N–H and O–H groups in total. The molecule has 16 heavy (non-hydrogen) atoms. The number of hydrogen-bond acceptors (Lipinski definition) is 2. The highest BCUT2D eigenvalue weighted by atomic mass is 16.5. The Labute approximate surface area is 101 Å². The smallest absolute Gasteiger partial charge is 0.0743 e. The van der Waals surface area contributed by atoms with E-state index in [1.54, 1.807) is 0 Å². The molecule has 0 spiro atoms. The molecule has 96 valence electrons. The second-order valence-corrected chi connectivity index (χ2v) is 6.19. The molecule has 2 heteroatoms. The van der Waals surface area contributed by atoms with E-state index in [0.29, 0.717) is 6.10 Å². The van der Waals surface area contributed by atoms with Gasteiger partial charge in [-0.05, 0) is 18.3 Å². The summed E-state index contributed by atoms with van der Waals surface area (Å²) in [5, 5.41) is 3.69. The summed E-state index contributed by atoms with van der Waals surface area (Å²) in [5.41, 5.74) is 0.229. The van der Waals surface area contributed by atoms with Crippen molar-refractivity contribution in [3.05, 3.63) is 0 Å². The second-order valence-electron chi connectivity index (χ2n) is 6.19. The third kappa shape index (κ3) is 4.84. The normalized spacial score (nSPS) is 21.8. The number of methoxy groups -OCH3 is 1. The van der Waals surface area contributed by atoms with Crippen molar-refractivity contribution in [3.63, 3.8) is 0 Å². The van der Waals surface area contributed by atoms with Gasteiger partial charge in [-0.3, -0.25) is 0 Å². The first kappa shape index (κ1) is 14.0. The molecule has 0 radical (unpaired) electrons. The van der Waals surface area contributed by atoms with Gasteiger partial charge in [-0.1, -0.05) is 46.5 Å². The highest BCUT2D eigenvalue weighted by Crippen LogP contribution is 2.22. The van der Waals surface area contributed by atoms with Gasteiger partial charge in [-0.15, -0.1) is 0 Å². The maximum atomic E-state index is 5.57. The van der Waals surface area contributed by atoms with Crippen LogP contribution in [-0.2, 0) is 4.74 Å². The summed E-state index contributed by atoms with van der Waals surface area (Å²) in [6.07, 6.45) is 8.64. The Morgan fingerprint density at radius 2 is 1.69 bits per heavy atom. The van der Waals surface area contributed by atoms with E-state index >= 15 is 0 Å². The van der Waals surface area contributed by atoms with Gasteiger partial charge in [0.15, 0.2) is 0 Å². The van der Waals surface area contributed by atoms with Crippen molar-refractivity contribution in [2.45, 2.75) is 71.4 Å². The first-order chi connectivity index (χ1) is 7.54. The predicted molar refractivity (Wildman–Crippen MR) is 69.7 cm³/mol. The Kier molecular flexibility index (Phi) is 5.77. The van der Waals surface area contributed by atoms with Crippen molar-refractivity contribution in [2.75, 3.05) is 13.7 Å². The molecular weight excluding hydrogens is 198 g/mol. The van der Waals surface area contributed by atoms with Crippen LogP contribution in [0.3, 0.4) is 0 Å². The van der Waals surface area contributed by atoms with Crippen LogP contribution in [0.1, 0.15) is 59.3 Å². The molecule has 1 saturated carbocycles. The highest BCUT2D eigenvalue weighted by Gasteiger charge is 2.25. The molecule has 0 aromatic carbocycles. The molecule has 0 aromatic rings. The van der Waals surface area contributed by atoms with E-state index in [-0.39, 0.29) is 5.41 Å². The highest BCUT2D eigenvalue weighted by molar-refractivity contribution is 4.79. The van der Waals surface area contributed by atoms with Crippen LogP contribution in [0, 0.1) is 5.41 Å². The van der Waals surface area contributed by atoms with Gasteiger partial charge < -0.3 is 10.1 Å². The molecule has 2 nitrogen and oxygen atoms in total. The fraction of sp³-hybridized carbons (Fsp3) is 1.00. The van der Waals surface area contributed by atoms with Crippen LogP contribution < -0.4 is 5.32 Å². The Balaban J connectivity index is 2.30. The van der Waals surface area contributed by atoms with E-state index in [2.05, 4.69) is 26.1 Å². The summed E-state index contributed by atoms with van der Waals surface area (Å²) in [5.74, 6) is 0. The zero-order chi connectivity index (χ0) is 12.0. The Bertz CT molecular complexity index is 178. The number of nitrogens with one attached hydrogen (secondary N) is 1. The number of rotatable bonds is 4. The van der Waals surface area contributed by atoms with Gasteiger partial charge in [0.05, 0.1) is 6.10 Å². The van der Waals surface area contributed by atoms with Crippen molar-refractivity contribution in [2.24, 2.45) is 5.41 Å². The maximum absolute atomic E-state index is 5.57. The molecule has 1 aliphatic carbocycles. The molecule has 0 amide bonds. The Hall–Kier alpha value is -0.0800. The van der Waals surface area contributed by atoms with Crippen molar-refractivity contribution in [3.8, 4) is 0 Å². The quantitative estimate of drug-likeness (QED) is 0.744. The molecule has 0 bridgehead atoms. The van der Waals surface area contributed by atoms with Gasteiger partial charge in [-0.25, -0.2) is 0 Å². The topological polar surface area (TPSA) is 21.3 Å². The van der Waals surface area contributed by atoms with Crippen LogP contribution in [0.2, 0.25) is 0 Å². The molecule has 0 saturated heterocycles. The van der Waals surface area contributed by atoms with E-state index < -0.39 is 0 Å². The van der Waals surface area contributed by atoms with Crippen LogP contribution in [0.15, 0.2) is 0 Å². The first-order valence-electron chi connectivity index (χ1n) is 6.80. The van der Waals surface area contributed by atoms with Gasteiger partial charge in [0.1, 0.15) is 0 Å². The van der Waals surface area contributed by atoms with Crippen LogP contribution in [-0.4, -0.2) is 25.8 Å². The maximum Gasteiger partial charge on any atom is 0.0743 e. The van der Waals surface area contributed by atoms with E-state index in [1.807, 2.05) is 7.11 Å². The summed E-state index contributed by atoms with van der Waals surface area (Å²) in [6.45, 7) is 7.73. The van der Waals surface area contributed by atoms with E-state index in [0.717, 1.165) is 12.6 Å². The fourth-order valence-electron chi connectivity index (χ4n) is 2.50. The van der Waals surface area contributed by atoms with Crippen molar-refractivity contribution >= 4 is 0 Å². The number of ether oxygens (including phenoxy) is 1. The molecule has 1 unspecified atom stereocenters. The van der Waals surface area contributed by atoms with Gasteiger partial charge in [0, 0.05) is 19.7 Å². The minimum absolute atomic E-state index is 0.229. The molecule has 1 aliphatic rings. The first-order valence-corrected chi connectivity index (χ1v) is 6.80. The lowest BCUT2D eigenvalue weighted by molar-refractivity contribution is 0.0153. The van der Waals surface area contributed by atoms with Crippen LogP contribution in [0.4, 0.5) is 0 Å².